The summed E-state index contributed by atoms with van der Waals surface area (Å²) in [6, 6.07) is 7.73. The maximum Gasteiger partial charge on any atom is 0.328 e. The van der Waals surface area contributed by atoms with E-state index in [9.17, 15) is 4.79 Å². The zero-order valence-electron chi connectivity index (χ0n) is 6.90. The van der Waals surface area contributed by atoms with Crippen LogP contribution in [0.2, 0.25) is 0 Å². The van der Waals surface area contributed by atoms with E-state index in [1.165, 1.54) is 6.08 Å². The van der Waals surface area contributed by atoms with Gasteiger partial charge in [0.15, 0.2) is 0 Å². The van der Waals surface area contributed by atoms with Gasteiger partial charge in [0.2, 0.25) is 0 Å². The van der Waals surface area contributed by atoms with Gasteiger partial charge >= 0.3 is 5.97 Å². The fraction of sp³-hybridized carbons (Fsp3) is 0. The smallest absolute Gasteiger partial charge is 0.328 e. The number of carbonyl (C=O) groups is 1. The summed E-state index contributed by atoms with van der Waals surface area (Å²) in [6.07, 6.45) is 4.96. The molecule has 2 heteroatoms. The lowest BCUT2D eigenvalue weighted by molar-refractivity contribution is -0.131. The molecule has 0 amide bonds. The molecule has 0 spiro atoms. The summed E-state index contributed by atoms with van der Waals surface area (Å²) in [6.45, 7) is 0. The van der Waals surface area contributed by atoms with Crippen LogP contribution in [0.1, 0.15) is 11.1 Å². The molecule has 0 saturated heterocycles. The maximum absolute atomic E-state index is 10.5. The number of carboxylic acid groups (broad SMARTS) is 1. The Labute approximate surface area is 75.8 Å². The van der Waals surface area contributed by atoms with Crippen LogP contribution in [0.5, 0.6) is 0 Å². The number of rotatable bonds is 1. The topological polar surface area (TPSA) is 37.3 Å². The molecule has 0 saturated carbocycles. The van der Waals surface area contributed by atoms with E-state index in [1.807, 2.05) is 36.4 Å². The zero-order chi connectivity index (χ0) is 9.26. The Morgan fingerprint density at radius 3 is 2.77 bits per heavy atom. The highest BCUT2D eigenvalue weighted by Gasteiger charge is 2.09. The van der Waals surface area contributed by atoms with E-state index in [4.69, 9.17) is 5.11 Å². The molecule has 1 aromatic rings. The molecule has 0 unspecified atom stereocenters. The first-order valence-corrected chi connectivity index (χ1v) is 3.99. The summed E-state index contributed by atoms with van der Waals surface area (Å²) < 4.78 is 0. The summed E-state index contributed by atoms with van der Waals surface area (Å²) in [4.78, 5) is 10.5. The van der Waals surface area contributed by atoms with Gasteiger partial charge in [0.1, 0.15) is 0 Å². The minimum Gasteiger partial charge on any atom is -0.478 e. The molecule has 0 aromatic heterocycles. The van der Waals surface area contributed by atoms with Crippen molar-refractivity contribution in [3.63, 3.8) is 0 Å². The molecule has 1 aliphatic carbocycles. The van der Waals surface area contributed by atoms with Gasteiger partial charge in [-0.2, -0.15) is 0 Å². The predicted molar refractivity (Wildman–Crippen MR) is 51.1 cm³/mol. The van der Waals surface area contributed by atoms with Crippen LogP contribution in [-0.2, 0) is 4.79 Å². The van der Waals surface area contributed by atoms with E-state index in [1.54, 1.807) is 0 Å². The van der Waals surface area contributed by atoms with Crippen LogP contribution in [0.25, 0.3) is 11.6 Å². The van der Waals surface area contributed by atoms with Crippen molar-refractivity contribution in [2.75, 3.05) is 0 Å². The van der Waals surface area contributed by atoms with Crippen LogP contribution in [0, 0.1) is 0 Å². The lowest BCUT2D eigenvalue weighted by Crippen LogP contribution is -1.89. The van der Waals surface area contributed by atoms with Gasteiger partial charge in [0, 0.05) is 6.08 Å². The minimum atomic E-state index is -0.906. The van der Waals surface area contributed by atoms with Crippen LogP contribution < -0.4 is 0 Å². The number of benzene rings is 1. The van der Waals surface area contributed by atoms with Gasteiger partial charge in [-0.3, -0.25) is 0 Å². The largest absolute Gasteiger partial charge is 0.478 e. The Hall–Kier alpha value is -1.83. The summed E-state index contributed by atoms with van der Waals surface area (Å²) in [5.74, 6) is -0.906. The molecule has 0 aliphatic heterocycles. The standard InChI is InChI=1S/C11H8O2/c12-11(13)7-9-6-5-8-3-1-2-4-10(8)9/h1-7H,(H,12,13)/b9-7-. The first-order valence-electron chi connectivity index (χ1n) is 3.99. The van der Waals surface area contributed by atoms with Gasteiger partial charge in [0.25, 0.3) is 0 Å². The number of allylic oxidation sites excluding steroid dienone is 2. The average Bonchev–Trinajstić information content (AvgIpc) is 2.48. The molecule has 0 heterocycles. The fourth-order valence-electron chi connectivity index (χ4n) is 1.43. The highest BCUT2D eigenvalue weighted by atomic mass is 16.4. The normalized spacial score (nSPS) is 16.2. The third kappa shape index (κ3) is 1.38. The lowest BCUT2D eigenvalue weighted by Gasteiger charge is -1.98. The Morgan fingerprint density at radius 1 is 1.23 bits per heavy atom. The van der Waals surface area contributed by atoms with Crippen molar-refractivity contribution in [2.45, 2.75) is 0 Å². The molecule has 2 nitrogen and oxygen atoms in total. The summed E-state index contributed by atoms with van der Waals surface area (Å²) >= 11 is 0. The van der Waals surface area contributed by atoms with Crippen molar-refractivity contribution in [1.29, 1.82) is 0 Å². The highest BCUT2D eigenvalue weighted by Crippen LogP contribution is 2.28. The fourth-order valence-corrected chi connectivity index (χ4v) is 1.43. The Morgan fingerprint density at radius 2 is 2.00 bits per heavy atom. The van der Waals surface area contributed by atoms with Crippen molar-refractivity contribution in [3.8, 4) is 0 Å². The molecule has 2 rings (SSSR count). The second-order valence-corrected chi connectivity index (χ2v) is 2.86. The van der Waals surface area contributed by atoms with Crippen molar-refractivity contribution in [2.24, 2.45) is 0 Å². The van der Waals surface area contributed by atoms with E-state index in [2.05, 4.69) is 0 Å². The molecular formula is C11H8O2. The second-order valence-electron chi connectivity index (χ2n) is 2.86. The molecule has 1 aliphatic rings. The van der Waals surface area contributed by atoms with Crippen LogP contribution in [0.3, 0.4) is 0 Å². The molecule has 13 heavy (non-hydrogen) atoms. The summed E-state index contributed by atoms with van der Waals surface area (Å²) in [7, 11) is 0. The highest BCUT2D eigenvalue weighted by molar-refractivity contribution is 5.99. The molecule has 0 fully saturated rings. The van der Waals surface area contributed by atoms with Gasteiger partial charge in [-0.25, -0.2) is 4.79 Å². The molecule has 1 N–H and O–H groups in total. The number of aliphatic carboxylic acids is 1. The van der Waals surface area contributed by atoms with Crippen molar-refractivity contribution in [3.05, 3.63) is 47.5 Å². The van der Waals surface area contributed by atoms with Crippen molar-refractivity contribution in [1.82, 2.24) is 0 Å². The molecule has 0 bridgehead atoms. The molecule has 0 radical (unpaired) electrons. The monoisotopic (exact) mass is 172 g/mol. The van der Waals surface area contributed by atoms with Crippen molar-refractivity contribution < 1.29 is 9.90 Å². The summed E-state index contributed by atoms with van der Waals surface area (Å²) in [5, 5.41) is 8.59. The average molecular weight is 172 g/mol. The van der Waals surface area contributed by atoms with E-state index < -0.39 is 5.97 Å². The Bertz CT molecular complexity index is 414. The van der Waals surface area contributed by atoms with E-state index >= 15 is 0 Å². The number of carboxylic acids is 1. The van der Waals surface area contributed by atoms with Gasteiger partial charge in [-0.15, -0.1) is 0 Å². The van der Waals surface area contributed by atoms with Crippen LogP contribution in [-0.4, -0.2) is 11.1 Å². The SMILES string of the molecule is O=C(O)/C=C1/C=Cc2ccccc21. The van der Waals surface area contributed by atoms with Crippen LogP contribution >= 0.6 is 0 Å². The van der Waals surface area contributed by atoms with Gasteiger partial charge in [-0.1, -0.05) is 36.4 Å². The Balaban J connectivity index is 2.50. The van der Waals surface area contributed by atoms with E-state index in [0.29, 0.717) is 0 Å². The third-order valence-corrected chi connectivity index (χ3v) is 1.99. The van der Waals surface area contributed by atoms with E-state index in [0.717, 1.165) is 16.7 Å². The minimum absolute atomic E-state index is 0.767. The number of hydrogen-bond acceptors (Lipinski definition) is 1. The molecule has 1 aromatic carbocycles. The Kier molecular flexibility index (Phi) is 1.74. The van der Waals surface area contributed by atoms with Gasteiger partial charge in [0.05, 0.1) is 0 Å². The molecule has 0 atom stereocenters. The zero-order valence-corrected chi connectivity index (χ0v) is 6.90. The van der Waals surface area contributed by atoms with Crippen LogP contribution in [0.15, 0.2) is 36.4 Å². The number of fused-ring (bicyclic) bond motifs is 1. The molecule has 64 valence electrons. The third-order valence-electron chi connectivity index (χ3n) is 1.99. The van der Waals surface area contributed by atoms with E-state index in [-0.39, 0.29) is 0 Å². The molecular weight excluding hydrogens is 164 g/mol. The van der Waals surface area contributed by atoms with Crippen molar-refractivity contribution >= 4 is 17.6 Å². The first kappa shape index (κ1) is 7.80. The van der Waals surface area contributed by atoms with Crippen LogP contribution in [0.4, 0.5) is 0 Å². The summed E-state index contributed by atoms with van der Waals surface area (Å²) in [5.41, 5.74) is 2.84. The predicted octanol–water partition coefficient (Wildman–Crippen LogP) is 2.18. The second kappa shape index (κ2) is 2.90. The maximum atomic E-state index is 10.5. The quantitative estimate of drug-likeness (QED) is 0.659. The lowest BCUT2D eigenvalue weighted by atomic mass is 10.1. The van der Waals surface area contributed by atoms with Gasteiger partial charge in [-0.05, 0) is 16.7 Å². The van der Waals surface area contributed by atoms with Gasteiger partial charge < -0.3 is 5.11 Å². The number of hydrogen-bond donors (Lipinski definition) is 1. The first-order chi connectivity index (χ1) is 6.27.